The first-order chi connectivity index (χ1) is 5.61. The summed E-state index contributed by atoms with van der Waals surface area (Å²) in [4.78, 5) is 11.0. The topological polar surface area (TPSA) is 29.1 Å². The molecule has 0 aromatic carbocycles. The molecule has 0 aromatic rings. The molecule has 0 bridgehead atoms. The standard InChI is InChI=1S/C9H16ClNO/c1-6(8-3-4-8)5-11-9(12)7(2)10/h6-8H,3-5H2,1-2H3,(H,11,12). The number of alkyl halides is 1. The highest BCUT2D eigenvalue weighted by Gasteiger charge is 2.27. The third-order valence-corrected chi connectivity index (χ3v) is 2.58. The summed E-state index contributed by atoms with van der Waals surface area (Å²) in [6, 6.07) is 0. The largest absolute Gasteiger partial charge is 0.355 e. The zero-order valence-corrected chi connectivity index (χ0v) is 8.40. The lowest BCUT2D eigenvalue weighted by Crippen LogP contribution is -2.33. The van der Waals surface area contributed by atoms with Crippen LogP contribution in [-0.2, 0) is 4.79 Å². The highest BCUT2D eigenvalue weighted by atomic mass is 35.5. The van der Waals surface area contributed by atoms with Gasteiger partial charge in [-0.25, -0.2) is 0 Å². The first-order valence-electron chi connectivity index (χ1n) is 4.53. The molecular weight excluding hydrogens is 174 g/mol. The molecule has 2 nitrogen and oxygen atoms in total. The van der Waals surface area contributed by atoms with Gasteiger partial charge in [0.25, 0.3) is 0 Å². The molecule has 2 atom stereocenters. The summed E-state index contributed by atoms with van der Waals surface area (Å²) in [6.45, 7) is 4.65. The number of carbonyl (C=O) groups is 1. The summed E-state index contributed by atoms with van der Waals surface area (Å²) in [7, 11) is 0. The van der Waals surface area contributed by atoms with Crippen LogP contribution in [0.15, 0.2) is 0 Å². The predicted octanol–water partition coefficient (Wildman–Crippen LogP) is 1.78. The number of amides is 1. The molecule has 70 valence electrons. The molecule has 0 spiro atoms. The molecule has 1 aliphatic rings. The number of nitrogens with one attached hydrogen (secondary N) is 1. The van der Waals surface area contributed by atoms with Crippen molar-refractivity contribution in [2.75, 3.05) is 6.54 Å². The Labute approximate surface area is 78.7 Å². The van der Waals surface area contributed by atoms with Gasteiger partial charge in [0.15, 0.2) is 0 Å². The zero-order valence-electron chi connectivity index (χ0n) is 7.64. The first-order valence-corrected chi connectivity index (χ1v) is 4.96. The van der Waals surface area contributed by atoms with Crippen LogP contribution in [0.3, 0.4) is 0 Å². The van der Waals surface area contributed by atoms with Gasteiger partial charge in [0.2, 0.25) is 5.91 Å². The fraction of sp³-hybridized carbons (Fsp3) is 0.889. The molecule has 3 heteroatoms. The normalized spacial score (nSPS) is 21.6. The average Bonchev–Trinajstić information content (AvgIpc) is 2.81. The Morgan fingerprint density at radius 2 is 2.17 bits per heavy atom. The molecule has 0 heterocycles. The number of carbonyl (C=O) groups excluding carboxylic acids is 1. The van der Waals surface area contributed by atoms with E-state index >= 15 is 0 Å². The maximum atomic E-state index is 11.0. The maximum absolute atomic E-state index is 11.0. The van der Waals surface area contributed by atoms with Gasteiger partial charge in [-0.3, -0.25) is 4.79 Å². The van der Waals surface area contributed by atoms with E-state index < -0.39 is 5.38 Å². The highest BCUT2D eigenvalue weighted by molar-refractivity contribution is 6.30. The van der Waals surface area contributed by atoms with Gasteiger partial charge in [-0.2, -0.15) is 0 Å². The van der Waals surface area contributed by atoms with Crippen molar-refractivity contribution >= 4 is 17.5 Å². The molecule has 2 unspecified atom stereocenters. The summed E-state index contributed by atoms with van der Waals surface area (Å²) in [5, 5.41) is 2.43. The fourth-order valence-corrected chi connectivity index (χ4v) is 1.31. The minimum absolute atomic E-state index is 0.0517. The Bertz CT molecular complexity index is 166. The van der Waals surface area contributed by atoms with Crippen molar-refractivity contribution in [1.29, 1.82) is 0 Å². The third-order valence-electron chi connectivity index (χ3n) is 2.39. The van der Waals surface area contributed by atoms with Crippen LogP contribution >= 0.6 is 11.6 Å². The average molecular weight is 190 g/mol. The minimum atomic E-state index is -0.406. The van der Waals surface area contributed by atoms with Gasteiger partial charge in [-0.05, 0) is 31.6 Å². The van der Waals surface area contributed by atoms with Crippen molar-refractivity contribution in [1.82, 2.24) is 5.32 Å². The van der Waals surface area contributed by atoms with E-state index in [1.165, 1.54) is 12.8 Å². The van der Waals surface area contributed by atoms with Crippen molar-refractivity contribution in [2.45, 2.75) is 32.1 Å². The summed E-state index contributed by atoms with van der Waals surface area (Å²) in [5.74, 6) is 1.41. The molecule has 0 aliphatic heterocycles. The second-order valence-electron chi connectivity index (χ2n) is 3.68. The molecular formula is C9H16ClNO. The number of rotatable bonds is 4. The van der Waals surface area contributed by atoms with Gasteiger partial charge in [0.1, 0.15) is 5.38 Å². The van der Waals surface area contributed by atoms with Gasteiger partial charge in [0.05, 0.1) is 0 Å². The SMILES string of the molecule is CC(Cl)C(=O)NCC(C)C1CC1. The van der Waals surface area contributed by atoms with E-state index in [0.717, 1.165) is 12.5 Å². The predicted molar refractivity (Wildman–Crippen MR) is 50.2 cm³/mol. The number of hydrogen-bond acceptors (Lipinski definition) is 1. The Balaban J connectivity index is 2.11. The minimum Gasteiger partial charge on any atom is -0.355 e. The lowest BCUT2D eigenvalue weighted by Gasteiger charge is -2.11. The fourth-order valence-electron chi connectivity index (χ4n) is 1.23. The van der Waals surface area contributed by atoms with E-state index in [1.807, 2.05) is 0 Å². The van der Waals surface area contributed by atoms with E-state index in [2.05, 4.69) is 12.2 Å². The van der Waals surface area contributed by atoms with E-state index in [-0.39, 0.29) is 5.91 Å². The van der Waals surface area contributed by atoms with Gasteiger partial charge in [-0.1, -0.05) is 6.92 Å². The molecule has 0 saturated heterocycles. The molecule has 1 N–H and O–H groups in total. The lowest BCUT2D eigenvalue weighted by atomic mass is 10.1. The van der Waals surface area contributed by atoms with Crippen molar-refractivity contribution in [2.24, 2.45) is 11.8 Å². The van der Waals surface area contributed by atoms with Crippen LogP contribution in [0.5, 0.6) is 0 Å². The molecule has 1 rings (SSSR count). The Hall–Kier alpha value is -0.240. The first kappa shape index (κ1) is 9.85. The van der Waals surface area contributed by atoms with Gasteiger partial charge < -0.3 is 5.32 Å². The Morgan fingerprint density at radius 1 is 1.58 bits per heavy atom. The van der Waals surface area contributed by atoms with Crippen LogP contribution in [0.4, 0.5) is 0 Å². The second kappa shape index (κ2) is 4.13. The maximum Gasteiger partial charge on any atom is 0.237 e. The van der Waals surface area contributed by atoms with E-state index in [0.29, 0.717) is 5.92 Å². The molecule has 1 saturated carbocycles. The Morgan fingerprint density at radius 3 is 2.58 bits per heavy atom. The van der Waals surface area contributed by atoms with E-state index in [4.69, 9.17) is 11.6 Å². The van der Waals surface area contributed by atoms with E-state index in [1.54, 1.807) is 6.92 Å². The molecule has 1 aliphatic carbocycles. The zero-order chi connectivity index (χ0) is 9.14. The van der Waals surface area contributed by atoms with Crippen LogP contribution in [0, 0.1) is 11.8 Å². The summed E-state index contributed by atoms with van der Waals surface area (Å²) in [6.07, 6.45) is 2.65. The summed E-state index contributed by atoms with van der Waals surface area (Å²) < 4.78 is 0. The Kier molecular flexibility index (Phi) is 3.39. The quantitative estimate of drug-likeness (QED) is 0.672. The number of halogens is 1. The van der Waals surface area contributed by atoms with Crippen molar-refractivity contribution in [3.8, 4) is 0 Å². The second-order valence-corrected chi connectivity index (χ2v) is 4.33. The van der Waals surface area contributed by atoms with Gasteiger partial charge >= 0.3 is 0 Å². The van der Waals surface area contributed by atoms with Gasteiger partial charge in [-0.15, -0.1) is 11.6 Å². The van der Waals surface area contributed by atoms with Crippen LogP contribution in [0.2, 0.25) is 0 Å². The molecule has 0 aromatic heterocycles. The third kappa shape index (κ3) is 3.02. The van der Waals surface area contributed by atoms with Crippen LogP contribution < -0.4 is 5.32 Å². The molecule has 1 fully saturated rings. The van der Waals surface area contributed by atoms with E-state index in [9.17, 15) is 4.79 Å². The van der Waals surface area contributed by atoms with Crippen LogP contribution in [-0.4, -0.2) is 17.8 Å². The van der Waals surface area contributed by atoms with Crippen molar-refractivity contribution in [3.05, 3.63) is 0 Å². The molecule has 12 heavy (non-hydrogen) atoms. The van der Waals surface area contributed by atoms with Crippen LogP contribution in [0.1, 0.15) is 26.7 Å². The van der Waals surface area contributed by atoms with Crippen molar-refractivity contribution < 1.29 is 4.79 Å². The monoisotopic (exact) mass is 189 g/mol. The number of hydrogen-bond donors (Lipinski definition) is 1. The van der Waals surface area contributed by atoms with Gasteiger partial charge in [0, 0.05) is 6.54 Å². The molecule has 0 radical (unpaired) electrons. The molecule has 1 amide bonds. The summed E-state index contributed by atoms with van der Waals surface area (Å²) in [5.41, 5.74) is 0. The highest BCUT2D eigenvalue weighted by Crippen LogP contribution is 2.36. The summed E-state index contributed by atoms with van der Waals surface area (Å²) >= 11 is 5.59. The lowest BCUT2D eigenvalue weighted by molar-refractivity contribution is -0.120. The van der Waals surface area contributed by atoms with Crippen LogP contribution in [0.25, 0.3) is 0 Å². The smallest absolute Gasteiger partial charge is 0.237 e. The van der Waals surface area contributed by atoms with Crippen molar-refractivity contribution in [3.63, 3.8) is 0 Å².